The summed E-state index contributed by atoms with van der Waals surface area (Å²) in [6.45, 7) is 1.82. The molecular formula is C19H16N8O. The second-order valence-corrected chi connectivity index (χ2v) is 5.93. The van der Waals surface area contributed by atoms with Gasteiger partial charge in [0.2, 0.25) is 0 Å². The molecule has 0 spiro atoms. The summed E-state index contributed by atoms with van der Waals surface area (Å²) in [5.41, 5.74) is 2.50. The number of anilines is 3. The highest BCUT2D eigenvalue weighted by atomic mass is 16.1. The number of amides is 1. The second kappa shape index (κ2) is 7.62. The van der Waals surface area contributed by atoms with Crippen LogP contribution in [0, 0.1) is 6.92 Å². The third-order valence-electron chi connectivity index (χ3n) is 3.85. The molecule has 0 aliphatic heterocycles. The van der Waals surface area contributed by atoms with E-state index in [1.807, 2.05) is 31.3 Å². The zero-order valence-electron chi connectivity index (χ0n) is 14.9. The molecule has 0 saturated carbocycles. The zero-order valence-corrected chi connectivity index (χ0v) is 14.9. The number of nitrogens with one attached hydrogen (secondary N) is 2. The largest absolute Gasteiger partial charge is 0.340 e. The highest BCUT2D eigenvalue weighted by Crippen LogP contribution is 2.19. The van der Waals surface area contributed by atoms with Crippen molar-refractivity contribution < 1.29 is 4.79 Å². The second-order valence-electron chi connectivity index (χ2n) is 5.93. The Labute approximate surface area is 160 Å². The Bertz CT molecular complexity index is 1080. The first-order valence-corrected chi connectivity index (χ1v) is 8.45. The molecule has 1 aromatic carbocycles. The third-order valence-corrected chi connectivity index (χ3v) is 3.85. The zero-order chi connectivity index (χ0) is 19.3. The van der Waals surface area contributed by atoms with Gasteiger partial charge < -0.3 is 10.6 Å². The van der Waals surface area contributed by atoms with E-state index < -0.39 is 0 Å². The fourth-order valence-electron chi connectivity index (χ4n) is 2.44. The van der Waals surface area contributed by atoms with Gasteiger partial charge in [-0.05, 0) is 31.2 Å². The van der Waals surface area contributed by atoms with Crippen LogP contribution in [-0.4, -0.2) is 35.4 Å². The van der Waals surface area contributed by atoms with Crippen molar-refractivity contribution in [3.8, 4) is 5.82 Å². The number of nitrogens with zero attached hydrogens (tertiary/aromatic N) is 6. The van der Waals surface area contributed by atoms with Crippen LogP contribution in [0.3, 0.4) is 0 Å². The van der Waals surface area contributed by atoms with E-state index in [-0.39, 0.29) is 11.6 Å². The van der Waals surface area contributed by atoms with Crippen molar-refractivity contribution in [3.63, 3.8) is 0 Å². The summed E-state index contributed by atoms with van der Waals surface area (Å²) >= 11 is 0. The summed E-state index contributed by atoms with van der Waals surface area (Å²) in [5, 5.41) is 6.00. The normalized spacial score (nSPS) is 10.5. The lowest BCUT2D eigenvalue weighted by molar-refractivity contribution is 0.102. The third kappa shape index (κ3) is 3.98. The maximum absolute atomic E-state index is 12.2. The lowest BCUT2D eigenvalue weighted by Gasteiger charge is -2.09. The molecule has 3 aromatic heterocycles. The molecule has 0 saturated heterocycles. The van der Waals surface area contributed by atoms with Crippen molar-refractivity contribution in [1.82, 2.24) is 29.5 Å². The fraction of sp³-hybridized carbons (Fsp3) is 0.0526. The van der Waals surface area contributed by atoms with Gasteiger partial charge in [-0.3, -0.25) is 14.3 Å². The SMILES string of the molecule is Cc1cnc(C(=O)Nc2ccc(Nc3cc(-n4ccnc4)ncn3)cc2)cn1. The summed E-state index contributed by atoms with van der Waals surface area (Å²) in [4.78, 5) is 32.8. The molecule has 9 heteroatoms. The predicted octanol–water partition coefficient (Wildman–Crippen LogP) is 2.76. The molecular weight excluding hydrogens is 356 g/mol. The van der Waals surface area contributed by atoms with Crippen LogP contribution in [-0.2, 0) is 0 Å². The highest BCUT2D eigenvalue weighted by Gasteiger charge is 2.08. The monoisotopic (exact) mass is 372 g/mol. The van der Waals surface area contributed by atoms with E-state index in [1.54, 1.807) is 35.4 Å². The van der Waals surface area contributed by atoms with Crippen LogP contribution < -0.4 is 10.6 Å². The predicted molar refractivity (Wildman–Crippen MR) is 104 cm³/mol. The Hall–Kier alpha value is -4.14. The average molecular weight is 372 g/mol. The van der Waals surface area contributed by atoms with Gasteiger partial charge >= 0.3 is 0 Å². The fourth-order valence-corrected chi connectivity index (χ4v) is 2.44. The number of aromatic nitrogens is 6. The standard InChI is InChI=1S/C19H16N8O/c1-13-9-22-16(10-21-13)19(28)26-15-4-2-14(3-5-15)25-17-8-18(24-11-23-17)27-7-6-20-12-27/h2-12H,1H3,(H,26,28)(H,23,24,25). The van der Waals surface area contributed by atoms with Crippen LogP contribution >= 0.6 is 0 Å². The minimum atomic E-state index is -0.311. The van der Waals surface area contributed by atoms with Gasteiger partial charge in [0.05, 0.1) is 11.9 Å². The first-order chi connectivity index (χ1) is 13.7. The number of rotatable bonds is 5. The molecule has 3 heterocycles. The lowest BCUT2D eigenvalue weighted by atomic mass is 10.2. The molecule has 28 heavy (non-hydrogen) atoms. The summed E-state index contributed by atoms with van der Waals surface area (Å²) < 4.78 is 1.79. The Balaban J connectivity index is 1.43. The van der Waals surface area contributed by atoms with Crippen LogP contribution in [0.15, 0.2) is 67.8 Å². The number of hydrogen-bond acceptors (Lipinski definition) is 7. The topological polar surface area (TPSA) is 111 Å². The smallest absolute Gasteiger partial charge is 0.275 e. The number of aryl methyl sites for hydroxylation is 1. The molecule has 0 bridgehead atoms. The molecule has 2 N–H and O–H groups in total. The van der Waals surface area contributed by atoms with E-state index in [0.717, 1.165) is 11.4 Å². The van der Waals surface area contributed by atoms with Crippen LogP contribution in [0.2, 0.25) is 0 Å². The minimum Gasteiger partial charge on any atom is -0.340 e. The van der Waals surface area contributed by atoms with Gasteiger partial charge in [-0.15, -0.1) is 0 Å². The summed E-state index contributed by atoms with van der Waals surface area (Å²) in [6, 6.07) is 9.08. The van der Waals surface area contributed by atoms with Crippen LogP contribution in [0.5, 0.6) is 0 Å². The van der Waals surface area contributed by atoms with E-state index in [9.17, 15) is 4.79 Å². The molecule has 4 aromatic rings. The molecule has 0 radical (unpaired) electrons. The number of carbonyl (C=O) groups is 1. The quantitative estimate of drug-likeness (QED) is 0.554. The molecule has 0 aliphatic carbocycles. The lowest BCUT2D eigenvalue weighted by Crippen LogP contribution is -2.14. The van der Waals surface area contributed by atoms with Gasteiger partial charge in [0.25, 0.3) is 5.91 Å². The molecule has 0 atom stereocenters. The van der Waals surface area contributed by atoms with Crippen molar-refractivity contribution in [2.45, 2.75) is 6.92 Å². The van der Waals surface area contributed by atoms with Crippen LogP contribution in [0.4, 0.5) is 17.2 Å². The molecule has 138 valence electrons. The van der Waals surface area contributed by atoms with Gasteiger partial charge in [0, 0.05) is 36.0 Å². The molecule has 4 rings (SSSR count). The van der Waals surface area contributed by atoms with E-state index >= 15 is 0 Å². The van der Waals surface area contributed by atoms with Crippen molar-refractivity contribution in [3.05, 3.63) is 79.2 Å². The Kier molecular flexibility index (Phi) is 4.70. The maximum Gasteiger partial charge on any atom is 0.275 e. The molecule has 0 aliphatic rings. The van der Waals surface area contributed by atoms with Gasteiger partial charge in [0.1, 0.15) is 30.0 Å². The molecule has 0 unspecified atom stereocenters. The Morgan fingerprint density at radius 1 is 1.00 bits per heavy atom. The average Bonchev–Trinajstić information content (AvgIpc) is 3.25. The van der Waals surface area contributed by atoms with Crippen molar-refractivity contribution in [2.24, 2.45) is 0 Å². The highest BCUT2D eigenvalue weighted by molar-refractivity contribution is 6.02. The van der Waals surface area contributed by atoms with Crippen molar-refractivity contribution in [2.75, 3.05) is 10.6 Å². The van der Waals surface area contributed by atoms with Crippen molar-refractivity contribution in [1.29, 1.82) is 0 Å². The van der Waals surface area contributed by atoms with E-state index in [4.69, 9.17) is 0 Å². The number of imidazole rings is 1. The Morgan fingerprint density at radius 2 is 1.82 bits per heavy atom. The van der Waals surface area contributed by atoms with Gasteiger partial charge in [-0.25, -0.2) is 19.9 Å². The molecule has 9 nitrogen and oxygen atoms in total. The van der Waals surface area contributed by atoms with Gasteiger partial charge in [-0.2, -0.15) is 0 Å². The number of hydrogen-bond donors (Lipinski definition) is 2. The molecule has 1 amide bonds. The van der Waals surface area contributed by atoms with E-state index in [0.29, 0.717) is 17.3 Å². The van der Waals surface area contributed by atoms with Crippen LogP contribution in [0.1, 0.15) is 16.2 Å². The van der Waals surface area contributed by atoms with Crippen molar-refractivity contribution >= 4 is 23.1 Å². The summed E-state index contributed by atoms with van der Waals surface area (Å²) in [5.74, 6) is 1.04. The van der Waals surface area contributed by atoms with E-state index in [2.05, 4.69) is 35.6 Å². The minimum absolute atomic E-state index is 0.265. The first kappa shape index (κ1) is 17.3. The number of carbonyl (C=O) groups excluding carboxylic acids is 1. The number of benzene rings is 1. The summed E-state index contributed by atoms with van der Waals surface area (Å²) in [6.07, 6.45) is 9.65. The van der Waals surface area contributed by atoms with Gasteiger partial charge in [0.15, 0.2) is 0 Å². The van der Waals surface area contributed by atoms with E-state index in [1.165, 1.54) is 12.5 Å². The molecule has 0 fully saturated rings. The van der Waals surface area contributed by atoms with Gasteiger partial charge in [-0.1, -0.05) is 0 Å². The summed E-state index contributed by atoms with van der Waals surface area (Å²) in [7, 11) is 0. The first-order valence-electron chi connectivity index (χ1n) is 8.45. The Morgan fingerprint density at radius 3 is 2.54 bits per heavy atom. The van der Waals surface area contributed by atoms with Crippen LogP contribution in [0.25, 0.3) is 5.82 Å². The maximum atomic E-state index is 12.2.